The molecule has 0 N–H and O–H groups in total. The lowest BCUT2D eigenvalue weighted by Crippen LogP contribution is -2.16. The van der Waals surface area contributed by atoms with Gasteiger partial charge in [0.15, 0.2) is 4.80 Å². The summed E-state index contributed by atoms with van der Waals surface area (Å²) in [5.74, 6) is -0.285. The number of carbonyl (C=O) groups excluding carboxylic acids is 1. The molecule has 1 amide bonds. The fourth-order valence-corrected chi connectivity index (χ4v) is 3.72. The molecule has 0 aliphatic carbocycles. The molecule has 0 saturated heterocycles. The highest BCUT2D eigenvalue weighted by molar-refractivity contribution is 7.16. The van der Waals surface area contributed by atoms with E-state index in [9.17, 15) is 4.79 Å². The van der Waals surface area contributed by atoms with Crippen molar-refractivity contribution in [2.24, 2.45) is 12.0 Å². The van der Waals surface area contributed by atoms with Crippen molar-refractivity contribution in [2.75, 3.05) is 0 Å². The van der Waals surface area contributed by atoms with Gasteiger partial charge in [-0.3, -0.25) is 9.48 Å². The summed E-state index contributed by atoms with van der Waals surface area (Å²) >= 11 is 7.47. The Labute approximate surface area is 142 Å². The van der Waals surface area contributed by atoms with Gasteiger partial charge in [0.25, 0.3) is 5.91 Å². The quantitative estimate of drug-likeness (QED) is 0.708. The Morgan fingerprint density at radius 3 is 2.78 bits per heavy atom. The number of aryl methyl sites for hydroxylation is 2. The van der Waals surface area contributed by atoms with E-state index in [0.717, 1.165) is 15.9 Å². The highest BCUT2D eigenvalue weighted by Crippen LogP contribution is 2.21. The van der Waals surface area contributed by atoms with Gasteiger partial charge >= 0.3 is 0 Å². The number of thiazole rings is 1. The zero-order valence-electron chi connectivity index (χ0n) is 13.4. The van der Waals surface area contributed by atoms with E-state index in [4.69, 9.17) is 11.6 Å². The molecule has 1 aromatic carbocycles. The maximum absolute atomic E-state index is 12.6. The van der Waals surface area contributed by atoms with Gasteiger partial charge in [0.1, 0.15) is 5.69 Å². The summed E-state index contributed by atoms with van der Waals surface area (Å²) in [6.07, 6.45) is 0. The topological polar surface area (TPSA) is 52.2 Å². The van der Waals surface area contributed by atoms with Crippen LogP contribution in [-0.4, -0.2) is 20.3 Å². The summed E-state index contributed by atoms with van der Waals surface area (Å²) in [6.45, 7) is 5.85. The maximum Gasteiger partial charge on any atom is 0.297 e. The van der Waals surface area contributed by atoms with Crippen LogP contribution < -0.4 is 4.80 Å². The van der Waals surface area contributed by atoms with E-state index < -0.39 is 0 Å². The molecule has 0 saturated carbocycles. The Bertz CT molecular complexity index is 964. The van der Waals surface area contributed by atoms with Crippen LogP contribution in [-0.2, 0) is 7.05 Å². The molecule has 0 spiro atoms. The summed E-state index contributed by atoms with van der Waals surface area (Å²) in [4.78, 5) is 17.5. The first-order chi connectivity index (χ1) is 10.9. The number of hydrogen-bond donors (Lipinski definition) is 0. The second-order valence-corrected chi connectivity index (χ2v) is 7.13. The summed E-state index contributed by atoms with van der Waals surface area (Å²) in [6, 6.07) is 7.52. The molecule has 0 unspecified atom stereocenters. The van der Waals surface area contributed by atoms with Crippen LogP contribution in [0.15, 0.2) is 29.3 Å². The molecule has 0 bridgehead atoms. The van der Waals surface area contributed by atoms with Crippen molar-refractivity contribution in [1.29, 1.82) is 0 Å². The normalized spacial score (nSPS) is 12.5. The zero-order chi connectivity index (χ0) is 16.7. The van der Waals surface area contributed by atoms with Crippen molar-refractivity contribution in [2.45, 2.75) is 26.8 Å². The van der Waals surface area contributed by atoms with Gasteiger partial charge < -0.3 is 4.57 Å². The summed E-state index contributed by atoms with van der Waals surface area (Å²) in [7, 11) is 1.89. The molecule has 3 rings (SSSR count). The largest absolute Gasteiger partial charge is 0.319 e. The summed E-state index contributed by atoms with van der Waals surface area (Å²) in [5, 5.41) is 5.04. The fraction of sp³-hybridized carbons (Fsp3) is 0.312. The molecule has 7 heteroatoms. The van der Waals surface area contributed by atoms with E-state index in [1.54, 1.807) is 10.7 Å². The molecule has 0 atom stereocenters. The van der Waals surface area contributed by atoms with Crippen LogP contribution in [0, 0.1) is 6.92 Å². The summed E-state index contributed by atoms with van der Waals surface area (Å²) < 4.78 is 4.61. The number of halogens is 1. The summed E-state index contributed by atoms with van der Waals surface area (Å²) in [5.41, 5.74) is 2.32. The number of benzene rings is 1. The molecular weight excluding hydrogens is 332 g/mol. The number of carbonyl (C=O) groups is 1. The zero-order valence-corrected chi connectivity index (χ0v) is 14.9. The Morgan fingerprint density at radius 2 is 2.09 bits per heavy atom. The molecule has 5 nitrogen and oxygen atoms in total. The van der Waals surface area contributed by atoms with E-state index in [1.807, 2.05) is 50.6 Å². The number of fused-ring (bicyclic) bond motifs is 1. The van der Waals surface area contributed by atoms with Crippen LogP contribution in [0.25, 0.3) is 10.2 Å². The van der Waals surface area contributed by atoms with Gasteiger partial charge in [-0.1, -0.05) is 22.9 Å². The van der Waals surface area contributed by atoms with Crippen LogP contribution >= 0.6 is 22.9 Å². The fourth-order valence-electron chi connectivity index (χ4n) is 2.43. The number of rotatable bonds is 2. The number of aromatic nitrogens is 3. The van der Waals surface area contributed by atoms with Crippen LogP contribution in [0.4, 0.5) is 0 Å². The molecule has 0 aliphatic rings. The monoisotopic (exact) mass is 348 g/mol. The van der Waals surface area contributed by atoms with Gasteiger partial charge in [-0.25, -0.2) is 0 Å². The molecule has 0 aliphatic heterocycles. The first kappa shape index (κ1) is 16.0. The first-order valence-electron chi connectivity index (χ1n) is 7.27. The Morgan fingerprint density at radius 1 is 1.35 bits per heavy atom. The maximum atomic E-state index is 12.6. The van der Waals surface area contributed by atoms with Crippen molar-refractivity contribution in [3.05, 3.63) is 45.5 Å². The highest BCUT2D eigenvalue weighted by atomic mass is 35.5. The van der Waals surface area contributed by atoms with Gasteiger partial charge in [0, 0.05) is 18.1 Å². The second-order valence-electron chi connectivity index (χ2n) is 5.68. The van der Waals surface area contributed by atoms with E-state index >= 15 is 0 Å². The lowest BCUT2D eigenvalue weighted by molar-refractivity contribution is 0.0986. The van der Waals surface area contributed by atoms with Crippen LogP contribution in [0.5, 0.6) is 0 Å². The molecule has 0 fully saturated rings. The Balaban J connectivity index is 2.12. The van der Waals surface area contributed by atoms with Gasteiger partial charge in [-0.15, -0.1) is 0 Å². The van der Waals surface area contributed by atoms with Gasteiger partial charge in [0.05, 0.1) is 15.9 Å². The van der Waals surface area contributed by atoms with Crippen molar-refractivity contribution in [3.63, 3.8) is 0 Å². The van der Waals surface area contributed by atoms with Crippen molar-refractivity contribution < 1.29 is 4.79 Å². The van der Waals surface area contributed by atoms with Gasteiger partial charge in [0.2, 0.25) is 0 Å². The molecule has 23 heavy (non-hydrogen) atoms. The molecule has 0 radical (unpaired) electrons. The molecule has 2 heterocycles. The Hall–Kier alpha value is -1.92. The van der Waals surface area contributed by atoms with Gasteiger partial charge in [-0.05, 0) is 45.0 Å². The Kier molecular flexibility index (Phi) is 4.12. The van der Waals surface area contributed by atoms with E-state index in [1.165, 1.54) is 11.3 Å². The first-order valence-corrected chi connectivity index (χ1v) is 8.46. The van der Waals surface area contributed by atoms with E-state index in [-0.39, 0.29) is 11.9 Å². The molecule has 3 aromatic rings. The highest BCUT2D eigenvalue weighted by Gasteiger charge is 2.16. The minimum absolute atomic E-state index is 0.104. The predicted octanol–water partition coefficient (Wildman–Crippen LogP) is 3.72. The van der Waals surface area contributed by atoms with Crippen molar-refractivity contribution in [1.82, 2.24) is 14.3 Å². The predicted molar refractivity (Wildman–Crippen MR) is 93.0 cm³/mol. The van der Waals surface area contributed by atoms with E-state index in [2.05, 4.69) is 10.1 Å². The lowest BCUT2D eigenvalue weighted by Gasteiger charge is -2.07. The number of amides is 1. The number of hydrogen-bond acceptors (Lipinski definition) is 3. The van der Waals surface area contributed by atoms with Crippen molar-refractivity contribution >= 4 is 39.1 Å². The standard InChI is InChI=1S/C16H17ClN4OS/c1-9(2)21-13(7-10(3)19-21)15(22)18-16-20(4)12-6-5-11(17)8-14(12)23-16/h5-9H,1-4H3. The van der Waals surface area contributed by atoms with Crippen molar-refractivity contribution in [3.8, 4) is 0 Å². The number of nitrogens with zero attached hydrogens (tertiary/aromatic N) is 4. The SMILES string of the molecule is Cc1cc(C(=O)N=c2sc3cc(Cl)ccc3n2C)n(C(C)C)n1. The lowest BCUT2D eigenvalue weighted by atomic mass is 10.3. The van der Waals surface area contributed by atoms with Gasteiger partial charge in [-0.2, -0.15) is 10.1 Å². The smallest absolute Gasteiger partial charge is 0.297 e. The average Bonchev–Trinajstić information content (AvgIpc) is 3.00. The second kappa shape index (κ2) is 5.94. The molecular formula is C16H17ClN4OS. The van der Waals surface area contributed by atoms with Crippen LogP contribution in [0.2, 0.25) is 5.02 Å². The molecule has 120 valence electrons. The minimum Gasteiger partial charge on any atom is -0.319 e. The third kappa shape index (κ3) is 2.96. The molecule has 2 aromatic heterocycles. The third-order valence-electron chi connectivity index (χ3n) is 3.53. The minimum atomic E-state index is -0.285. The third-order valence-corrected chi connectivity index (χ3v) is 4.86. The van der Waals surface area contributed by atoms with Crippen LogP contribution in [0.3, 0.4) is 0 Å². The average molecular weight is 349 g/mol. The van der Waals surface area contributed by atoms with E-state index in [0.29, 0.717) is 15.5 Å². The van der Waals surface area contributed by atoms with Crippen LogP contribution in [0.1, 0.15) is 36.1 Å².